The van der Waals surface area contributed by atoms with Crippen molar-refractivity contribution in [1.82, 2.24) is 5.32 Å². The SMILES string of the molecule is COc1ccc(N(CC(=O)NCCOc2cccc(C)c2)S(C)(=O)=O)cc1OC. The Bertz CT molecular complexity index is 946. The van der Waals surface area contributed by atoms with Crippen LogP contribution in [0.4, 0.5) is 5.69 Å². The second-order valence-corrected chi connectivity index (χ2v) is 8.23. The second kappa shape index (κ2) is 10.0. The Labute approximate surface area is 171 Å². The van der Waals surface area contributed by atoms with E-state index in [1.165, 1.54) is 20.3 Å². The van der Waals surface area contributed by atoms with Crippen molar-refractivity contribution in [3.8, 4) is 17.2 Å². The van der Waals surface area contributed by atoms with Gasteiger partial charge in [-0.2, -0.15) is 0 Å². The van der Waals surface area contributed by atoms with Crippen LogP contribution in [0.15, 0.2) is 42.5 Å². The number of aryl methyl sites for hydroxylation is 1. The van der Waals surface area contributed by atoms with Crippen LogP contribution in [0.3, 0.4) is 0 Å². The lowest BCUT2D eigenvalue weighted by atomic mass is 10.2. The number of carbonyl (C=O) groups excluding carboxylic acids is 1. The van der Waals surface area contributed by atoms with Crippen molar-refractivity contribution in [2.24, 2.45) is 0 Å². The van der Waals surface area contributed by atoms with Gasteiger partial charge in [0, 0.05) is 6.07 Å². The number of ether oxygens (including phenoxy) is 3. The maximum atomic E-state index is 12.3. The fraction of sp³-hybridized carbons (Fsp3) is 0.350. The fourth-order valence-electron chi connectivity index (χ4n) is 2.63. The van der Waals surface area contributed by atoms with E-state index in [1.54, 1.807) is 12.1 Å². The van der Waals surface area contributed by atoms with Gasteiger partial charge in [0.05, 0.1) is 32.7 Å². The number of nitrogens with one attached hydrogen (secondary N) is 1. The van der Waals surface area contributed by atoms with Crippen molar-refractivity contribution in [3.05, 3.63) is 48.0 Å². The molecule has 1 N–H and O–H groups in total. The van der Waals surface area contributed by atoms with Crippen LogP contribution >= 0.6 is 0 Å². The highest BCUT2D eigenvalue weighted by molar-refractivity contribution is 7.92. The van der Waals surface area contributed by atoms with E-state index >= 15 is 0 Å². The van der Waals surface area contributed by atoms with E-state index in [2.05, 4.69) is 5.32 Å². The number of nitrogens with zero attached hydrogens (tertiary/aromatic N) is 1. The molecule has 2 aromatic rings. The standard InChI is InChI=1S/C20H26N2O6S/c1-15-6-5-7-17(12-15)28-11-10-21-20(23)14-22(29(4,24)25)16-8-9-18(26-2)19(13-16)27-3/h5-9,12-13H,10-11,14H2,1-4H3,(H,21,23). The Balaban J connectivity index is 1.98. The summed E-state index contributed by atoms with van der Waals surface area (Å²) in [5.41, 5.74) is 1.38. The Morgan fingerprint density at radius 2 is 1.79 bits per heavy atom. The first-order chi connectivity index (χ1) is 13.7. The third-order valence-corrected chi connectivity index (χ3v) is 5.17. The van der Waals surface area contributed by atoms with Crippen LogP contribution in [0.1, 0.15) is 5.56 Å². The minimum Gasteiger partial charge on any atom is -0.493 e. The molecule has 0 aromatic heterocycles. The topological polar surface area (TPSA) is 94.2 Å². The molecule has 0 spiro atoms. The molecule has 0 aliphatic rings. The van der Waals surface area contributed by atoms with Crippen LogP contribution in [0, 0.1) is 6.92 Å². The second-order valence-electron chi connectivity index (χ2n) is 6.32. The molecule has 9 heteroatoms. The molecular weight excluding hydrogens is 396 g/mol. The van der Waals surface area contributed by atoms with Gasteiger partial charge in [0.1, 0.15) is 18.9 Å². The Morgan fingerprint density at radius 3 is 2.41 bits per heavy atom. The van der Waals surface area contributed by atoms with Crippen LogP contribution < -0.4 is 23.8 Å². The molecule has 2 aromatic carbocycles. The number of benzene rings is 2. The number of anilines is 1. The zero-order chi connectivity index (χ0) is 21.4. The maximum absolute atomic E-state index is 12.3. The normalized spacial score (nSPS) is 10.9. The molecule has 0 fully saturated rings. The third-order valence-electron chi connectivity index (χ3n) is 4.03. The summed E-state index contributed by atoms with van der Waals surface area (Å²) in [6.45, 7) is 2.11. The minimum atomic E-state index is -3.69. The summed E-state index contributed by atoms with van der Waals surface area (Å²) in [6, 6.07) is 12.2. The number of sulfonamides is 1. The van der Waals surface area contributed by atoms with Crippen molar-refractivity contribution >= 4 is 21.6 Å². The zero-order valence-electron chi connectivity index (χ0n) is 17.0. The summed E-state index contributed by atoms with van der Waals surface area (Å²) < 4.78 is 41.4. The van der Waals surface area contributed by atoms with E-state index in [1.807, 2.05) is 31.2 Å². The number of amides is 1. The van der Waals surface area contributed by atoms with Gasteiger partial charge in [0.2, 0.25) is 15.9 Å². The summed E-state index contributed by atoms with van der Waals surface area (Å²) in [5, 5.41) is 2.67. The highest BCUT2D eigenvalue weighted by Crippen LogP contribution is 2.32. The quantitative estimate of drug-likeness (QED) is 0.589. The van der Waals surface area contributed by atoms with Gasteiger partial charge < -0.3 is 19.5 Å². The zero-order valence-corrected chi connectivity index (χ0v) is 17.8. The Morgan fingerprint density at radius 1 is 1.07 bits per heavy atom. The molecular formula is C20H26N2O6S. The van der Waals surface area contributed by atoms with Crippen LogP contribution in [0.5, 0.6) is 17.2 Å². The molecule has 0 heterocycles. The predicted octanol–water partition coefficient (Wildman–Crippen LogP) is 1.97. The van der Waals surface area contributed by atoms with Gasteiger partial charge in [-0.3, -0.25) is 9.10 Å². The first kappa shape index (κ1) is 22.4. The van der Waals surface area contributed by atoms with Crippen molar-refractivity contribution in [2.45, 2.75) is 6.92 Å². The summed E-state index contributed by atoms with van der Waals surface area (Å²) >= 11 is 0. The monoisotopic (exact) mass is 422 g/mol. The first-order valence-electron chi connectivity index (χ1n) is 8.90. The van der Waals surface area contributed by atoms with E-state index in [0.717, 1.165) is 16.1 Å². The summed E-state index contributed by atoms with van der Waals surface area (Å²) in [5.74, 6) is 1.09. The van der Waals surface area contributed by atoms with Crippen LogP contribution in [-0.4, -0.2) is 54.5 Å². The van der Waals surface area contributed by atoms with Crippen LogP contribution in [0.2, 0.25) is 0 Å². The molecule has 158 valence electrons. The van der Waals surface area contributed by atoms with E-state index in [4.69, 9.17) is 14.2 Å². The predicted molar refractivity (Wildman–Crippen MR) is 111 cm³/mol. The summed E-state index contributed by atoms with van der Waals surface area (Å²) in [7, 11) is -0.755. The molecule has 0 aliphatic heterocycles. The summed E-state index contributed by atoms with van der Waals surface area (Å²) in [6.07, 6.45) is 1.04. The van der Waals surface area contributed by atoms with Crippen LogP contribution in [-0.2, 0) is 14.8 Å². The molecule has 0 radical (unpaired) electrons. The van der Waals surface area contributed by atoms with Crippen LogP contribution in [0.25, 0.3) is 0 Å². The highest BCUT2D eigenvalue weighted by Gasteiger charge is 2.22. The van der Waals surface area contributed by atoms with Gasteiger partial charge in [-0.25, -0.2) is 8.42 Å². The lowest BCUT2D eigenvalue weighted by Crippen LogP contribution is -2.41. The van der Waals surface area contributed by atoms with E-state index in [-0.39, 0.29) is 19.7 Å². The van der Waals surface area contributed by atoms with Gasteiger partial charge in [0.15, 0.2) is 11.5 Å². The molecule has 0 atom stereocenters. The average Bonchev–Trinajstić information content (AvgIpc) is 2.68. The van der Waals surface area contributed by atoms with Gasteiger partial charge in [-0.05, 0) is 36.8 Å². The molecule has 0 bridgehead atoms. The first-order valence-corrected chi connectivity index (χ1v) is 10.8. The Kier molecular flexibility index (Phi) is 7.72. The van der Waals surface area contributed by atoms with Gasteiger partial charge in [0.25, 0.3) is 0 Å². The van der Waals surface area contributed by atoms with E-state index in [0.29, 0.717) is 22.9 Å². The smallest absolute Gasteiger partial charge is 0.240 e. The largest absolute Gasteiger partial charge is 0.493 e. The average molecular weight is 423 g/mol. The molecule has 0 saturated heterocycles. The van der Waals surface area contributed by atoms with Crippen molar-refractivity contribution < 1.29 is 27.4 Å². The third kappa shape index (κ3) is 6.56. The lowest BCUT2D eigenvalue weighted by molar-refractivity contribution is -0.119. The molecule has 0 saturated carbocycles. The van der Waals surface area contributed by atoms with Gasteiger partial charge in [-0.1, -0.05) is 12.1 Å². The number of hydrogen-bond donors (Lipinski definition) is 1. The van der Waals surface area contributed by atoms with Crippen molar-refractivity contribution in [3.63, 3.8) is 0 Å². The molecule has 0 unspecified atom stereocenters. The molecule has 1 amide bonds. The fourth-order valence-corrected chi connectivity index (χ4v) is 3.48. The molecule has 29 heavy (non-hydrogen) atoms. The highest BCUT2D eigenvalue weighted by atomic mass is 32.2. The number of rotatable bonds is 10. The van der Waals surface area contributed by atoms with Crippen molar-refractivity contribution in [1.29, 1.82) is 0 Å². The number of carbonyl (C=O) groups is 1. The van der Waals surface area contributed by atoms with Gasteiger partial charge >= 0.3 is 0 Å². The van der Waals surface area contributed by atoms with E-state index in [9.17, 15) is 13.2 Å². The van der Waals surface area contributed by atoms with Crippen molar-refractivity contribution in [2.75, 3.05) is 44.5 Å². The maximum Gasteiger partial charge on any atom is 0.240 e. The lowest BCUT2D eigenvalue weighted by Gasteiger charge is -2.23. The number of hydrogen-bond acceptors (Lipinski definition) is 6. The number of methoxy groups -OCH3 is 2. The molecule has 0 aliphatic carbocycles. The van der Waals surface area contributed by atoms with E-state index < -0.39 is 15.9 Å². The van der Waals surface area contributed by atoms with Gasteiger partial charge in [-0.15, -0.1) is 0 Å². The molecule has 8 nitrogen and oxygen atoms in total. The Hall–Kier alpha value is -2.94. The summed E-state index contributed by atoms with van der Waals surface area (Å²) in [4.78, 5) is 12.3. The molecule has 2 rings (SSSR count). The minimum absolute atomic E-state index is 0.246.